The van der Waals surface area contributed by atoms with Gasteiger partial charge >= 0.3 is 11.9 Å². The van der Waals surface area contributed by atoms with Gasteiger partial charge in [-0.3, -0.25) is 24.0 Å². The highest BCUT2D eigenvalue weighted by Crippen LogP contribution is 1.97. The van der Waals surface area contributed by atoms with Gasteiger partial charge in [-0.1, -0.05) is 0 Å². The van der Waals surface area contributed by atoms with Crippen LogP contribution < -0.4 is 21.7 Å². The first kappa shape index (κ1) is 22.3. The molecule has 0 aromatic rings. The average Bonchev–Trinajstić information content (AvgIpc) is 2.50. The maximum Gasteiger partial charge on any atom is 0.325 e. The third kappa shape index (κ3) is 8.08. The number of hydrogen-bond donors (Lipinski definition) is 7. The van der Waals surface area contributed by atoms with Gasteiger partial charge in [0.1, 0.15) is 18.1 Å². The standard InChI is InChI=1S/C13H22N4O8/c1-5(14)10(21)17-8(4-18)12(23)16-7(3-9(19)20)11(22)15-6(2)13(24)25/h5-8,18H,3-4,14H2,1-2H3,(H,15,22)(H,16,23)(H,17,21)(H,19,20)(H,24,25). The molecule has 0 aliphatic carbocycles. The molecule has 0 rings (SSSR count). The van der Waals surface area contributed by atoms with Gasteiger partial charge in [0.25, 0.3) is 0 Å². The van der Waals surface area contributed by atoms with Crippen LogP contribution in [0.5, 0.6) is 0 Å². The maximum absolute atomic E-state index is 12.0. The molecule has 0 aromatic carbocycles. The molecule has 0 saturated heterocycles. The predicted octanol–water partition coefficient (Wildman–Crippen LogP) is -3.64. The van der Waals surface area contributed by atoms with E-state index in [-0.39, 0.29) is 0 Å². The van der Waals surface area contributed by atoms with E-state index in [1.807, 2.05) is 10.6 Å². The Labute approximate surface area is 142 Å². The van der Waals surface area contributed by atoms with Crippen LogP contribution in [-0.2, 0) is 24.0 Å². The fraction of sp³-hybridized carbons (Fsp3) is 0.615. The number of aliphatic hydroxyl groups excluding tert-OH is 1. The van der Waals surface area contributed by atoms with Gasteiger partial charge in [-0.25, -0.2) is 0 Å². The Morgan fingerprint density at radius 3 is 1.76 bits per heavy atom. The molecule has 0 bridgehead atoms. The van der Waals surface area contributed by atoms with Gasteiger partial charge in [-0.15, -0.1) is 0 Å². The summed E-state index contributed by atoms with van der Waals surface area (Å²) in [4.78, 5) is 57.0. The van der Waals surface area contributed by atoms with Gasteiger partial charge in [-0.2, -0.15) is 0 Å². The summed E-state index contributed by atoms with van der Waals surface area (Å²) < 4.78 is 0. The van der Waals surface area contributed by atoms with Gasteiger partial charge < -0.3 is 37.0 Å². The van der Waals surface area contributed by atoms with E-state index in [9.17, 15) is 24.0 Å². The third-order valence-corrected chi connectivity index (χ3v) is 2.97. The molecular weight excluding hydrogens is 340 g/mol. The Bertz CT molecular complexity index is 536. The third-order valence-electron chi connectivity index (χ3n) is 2.97. The molecule has 0 fully saturated rings. The van der Waals surface area contributed by atoms with Crippen LogP contribution in [-0.4, -0.2) is 75.8 Å². The molecule has 0 saturated carbocycles. The van der Waals surface area contributed by atoms with Crippen molar-refractivity contribution in [3.8, 4) is 0 Å². The Morgan fingerprint density at radius 2 is 1.36 bits per heavy atom. The van der Waals surface area contributed by atoms with Crippen LogP contribution in [0.25, 0.3) is 0 Å². The first-order valence-electron chi connectivity index (χ1n) is 7.21. The zero-order valence-electron chi connectivity index (χ0n) is 13.7. The van der Waals surface area contributed by atoms with Crippen molar-refractivity contribution >= 4 is 29.7 Å². The van der Waals surface area contributed by atoms with E-state index in [2.05, 4.69) is 5.32 Å². The number of aliphatic hydroxyl groups is 1. The summed E-state index contributed by atoms with van der Waals surface area (Å²) in [5.74, 6) is -5.59. The topological polar surface area (TPSA) is 208 Å². The van der Waals surface area contributed by atoms with Crippen LogP contribution in [0.4, 0.5) is 0 Å². The van der Waals surface area contributed by atoms with Crippen molar-refractivity contribution in [3.63, 3.8) is 0 Å². The molecule has 0 radical (unpaired) electrons. The van der Waals surface area contributed by atoms with Crippen molar-refractivity contribution in [2.45, 2.75) is 44.4 Å². The highest BCUT2D eigenvalue weighted by atomic mass is 16.4. The predicted molar refractivity (Wildman–Crippen MR) is 82.1 cm³/mol. The minimum absolute atomic E-state index is 0.743. The van der Waals surface area contributed by atoms with Crippen LogP contribution in [0.2, 0.25) is 0 Å². The summed E-state index contributed by atoms with van der Waals surface area (Å²) >= 11 is 0. The first-order chi connectivity index (χ1) is 11.5. The number of carboxylic acids is 2. The van der Waals surface area contributed by atoms with E-state index in [1.165, 1.54) is 6.92 Å². The summed E-state index contributed by atoms with van der Waals surface area (Å²) in [6.07, 6.45) is -0.830. The van der Waals surface area contributed by atoms with Gasteiger partial charge in [0.2, 0.25) is 17.7 Å². The molecule has 12 nitrogen and oxygen atoms in total. The van der Waals surface area contributed by atoms with Crippen LogP contribution in [0, 0.1) is 0 Å². The molecule has 8 N–H and O–H groups in total. The number of aliphatic carboxylic acids is 2. The summed E-state index contributed by atoms with van der Waals surface area (Å²) in [5.41, 5.74) is 5.31. The zero-order chi connectivity index (χ0) is 19.7. The molecular formula is C13H22N4O8. The lowest BCUT2D eigenvalue weighted by Crippen LogP contribution is -2.58. The number of rotatable bonds is 10. The van der Waals surface area contributed by atoms with E-state index in [0.717, 1.165) is 6.92 Å². The second kappa shape index (κ2) is 10.2. The highest BCUT2D eigenvalue weighted by Gasteiger charge is 2.29. The molecule has 0 spiro atoms. The SMILES string of the molecule is CC(N)C(=O)NC(CO)C(=O)NC(CC(=O)O)C(=O)NC(C)C(=O)O. The molecule has 0 aliphatic rings. The van der Waals surface area contributed by atoms with Gasteiger partial charge in [0, 0.05) is 0 Å². The van der Waals surface area contributed by atoms with Crippen molar-refractivity contribution in [1.29, 1.82) is 0 Å². The lowest BCUT2D eigenvalue weighted by Gasteiger charge is -2.22. The van der Waals surface area contributed by atoms with Crippen LogP contribution in [0.3, 0.4) is 0 Å². The summed E-state index contributed by atoms with van der Waals surface area (Å²) in [6, 6.07) is -5.34. The van der Waals surface area contributed by atoms with E-state index in [4.69, 9.17) is 21.1 Å². The first-order valence-corrected chi connectivity index (χ1v) is 7.21. The second-order valence-electron chi connectivity index (χ2n) is 5.26. The van der Waals surface area contributed by atoms with Gasteiger partial charge in [0.15, 0.2) is 0 Å². The highest BCUT2D eigenvalue weighted by molar-refractivity contribution is 5.95. The van der Waals surface area contributed by atoms with Crippen molar-refractivity contribution in [2.24, 2.45) is 5.73 Å². The summed E-state index contributed by atoms with van der Waals surface area (Å²) in [7, 11) is 0. The lowest BCUT2D eigenvalue weighted by atomic mass is 10.1. The van der Waals surface area contributed by atoms with Crippen LogP contribution >= 0.6 is 0 Å². The second-order valence-corrected chi connectivity index (χ2v) is 5.26. The largest absolute Gasteiger partial charge is 0.481 e. The maximum atomic E-state index is 12.0. The molecule has 12 heteroatoms. The Balaban J connectivity index is 5.07. The molecule has 4 atom stereocenters. The molecule has 3 amide bonds. The van der Waals surface area contributed by atoms with Crippen molar-refractivity contribution in [1.82, 2.24) is 16.0 Å². The van der Waals surface area contributed by atoms with E-state index >= 15 is 0 Å². The van der Waals surface area contributed by atoms with Crippen molar-refractivity contribution < 1.29 is 39.3 Å². The summed E-state index contributed by atoms with van der Waals surface area (Å²) in [5, 5.41) is 32.9. The summed E-state index contributed by atoms with van der Waals surface area (Å²) in [6.45, 7) is 1.67. The van der Waals surface area contributed by atoms with Crippen LogP contribution in [0.1, 0.15) is 20.3 Å². The number of hydrogen-bond acceptors (Lipinski definition) is 7. The normalized spacial score (nSPS) is 15.2. The number of carbonyl (C=O) groups is 5. The molecule has 25 heavy (non-hydrogen) atoms. The zero-order valence-corrected chi connectivity index (χ0v) is 13.7. The van der Waals surface area contributed by atoms with Gasteiger partial charge in [0.05, 0.1) is 19.1 Å². The monoisotopic (exact) mass is 362 g/mol. The van der Waals surface area contributed by atoms with Crippen molar-refractivity contribution in [3.05, 3.63) is 0 Å². The van der Waals surface area contributed by atoms with Crippen molar-refractivity contribution in [2.75, 3.05) is 6.61 Å². The fourth-order valence-corrected chi connectivity index (χ4v) is 1.53. The lowest BCUT2D eigenvalue weighted by molar-refractivity contribution is -0.143. The minimum Gasteiger partial charge on any atom is -0.481 e. The quantitative estimate of drug-likeness (QED) is 0.204. The fourth-order valence-electron chi connectivity index (χ4n) is 1.53. The molecule has 0 aromatic heterocycles. The number of carbonyl (C=O) groups excluding carboxylic acids is 3. The molecule has 142 valence electrons. The van der Waals surface area contributed by atoms with E-state index in [0.29, 0.717) is 0 Å². The smallest absolute Gasteiger partial charge is 0.325 e. The van der Waals surface area contributed by atoms with E-state index in [1.54, 1.807) is 0 Å². The van der Waals surface area contributed by atoms with Crippen LogP contribution in [0.15, 0.2) is 0 Å². The molecule has 4 unspecified atom stereocenters. The Kier molecular flexibility index (Phi) is 9.09. The number of nitrogens with one attached hydrogen (secondary N) is 3. The van der Waals surface area contributed by atoms with Gasteiger partial charge in [-0.05, 0) is 13.8 Å². The molecule has 0 aliphatic heterocycles. The Hall–Kier alpha value is -2.73. The molecule has 0 heterocycles. The number of nitrogens with two attached hydrogens (primary N) is 1. The Morgan fingerprint density at radius 1 is 0.880 bits per heavy atom. The number of amides is 3. The minimum atomic E-state index is -1.60. The number of carboxylic acid groups (broad SMARTS) is 2. The average molecular weight is 362 g/mol. The van der Waals surface area contributed by atoms with E-state index < -0.39 is 66.9 Å².